The second kappa shape index (κ2) is 11.1. The third-order valence-electron chi connectivity index (χ3n) is 10.9. The van der Waals surface area contributed by atoms with Crippen molar-refractivity contribution in [1.82, 2.24) is 0 Å². The van der Waals surface area contributed by atoms with Gasteiger partial charge in [-0.2, -0.15) is 0 Å². The Bertz CT molecular complexity index is 2920. The van der Waals surface area contributed by atoms with Gasteiger partial charge in [-0.05, 0) is 69.8 Å². The molecule has 244 valence electrons. The second-order valence-electron chi connectivity index (χ2n) is 13.6. The summed E-state index contributed by atoms with van der Waals surface area (Å²) in [4.78, 5) is 2.38. The first-order chi connectivity index (χ1) is 25.8. The van der Waals surface area contributed by atoms with E-state index in [2.05, 4.69) is 175 Å². The van der Waals surface area contributed by atoms with Crippen LogP contribution in [0.1, 0.15) is 22.3 Å². The maximum absolute atomic E-state index is 6.77. The quantitative estimate of drug-likeness (QED) is 0.183. The van der Waals surface area contributed by atoms with Gasteiger partial charge in [0.05, 0.1) is 21.9 Å². The molecule has 8 aromatic carbocycles. The third-order valence-corrected chi connectivity index (χ3v) is 10.9. The first kappa shape index (κ1) is 28.9. The number of nitrogens with zero attached hydrogens (tertiary/aromatic N) is 1. The number of para-hydroxylation sites is 3. The van der Waals surface area contributed by atoms with Crippen LogP contribution in [0, 0.1) is 0 Å². The lowest BCUT2D eigenvalue weighted by atomic mass is 9.67. The largest absolute Gasteiger partial charge is 0.456 e. The van der Waals surface area contributed by atoms with Gasteiger partial charge >= 0.3 is 0 Å². The van der Waals surface area contributed by atoms with Crippen LogP contribution in [0.5, 0.6) is 0 Å². The summed E-state index contributed by atoms with van der Waals surface area (Å²) in [6.45, 7) is 0. The summed E-state index contributed by atoms with van der Waals surface area (Å²) in [5, 5.41) is 4.16. The summed E-state index contributed by atoms with van der Waals surface area (Å²) in [7, 11) is 0. The van der Waals surface area contributed by atoms with E-state index in [-0.39, 0.29) is 0 Å². The molecule has 10 aromatic rings. The lowest BCUT2D eigenvalue weighted by Crippen LogP contribution is -2.28. The van der Waals surface area contributed by atoms with Crippen LogP contribution in [0.15, 0.2) is 197 Å². The minimum Gasteiger partial charge on any atom is -0.456 e. The molecule has 1 aliphatic rings. The molecule has 0 saturated carbocycles. The van der Waals surface area contributed by atoms with Crippen LogP contribution in [-0.4, -0.2) is 0 Å². The Morgan fingerprint density at radius 1 is 0.385 bits per heavy atom. The topological polar surface area (TPSA) is 29.5 Å². The highest BCUT2D eigenvalue weighted by molar-refractivity contribution is 6.26. The van der Waals surface area contributed by atoms with Gasteiger partial charge in [0.25, 0.3) is 0 Å². The molecule has 0 saturated heterocycles. The van der Waals surface area contributed by atoms with Crippen molar-refractivity contribution < 1.29 is 8.83 Å². The summed E-state index contributed by atoms with van der Waals surface area (Å²) in [6, 6.07) is 67.3. The summed E-state index contributed by atoms with van der Waals surface area (Å²) in [5.74, 6) is 0. The van der Waals surface area contributed by atoms with Crippen LogP contribution in [0.3, 0.4) is 0 Å². The summed E-state index contributed by atoms with van der Waals surface area (Å²) < 4.78 is 13.4. The monoisotopic (exact) mass is 665 g/mol. The number of hydrogen-bond donors (Lipinski definition) is 0. The molecule has 52 heavy (non-hydrogen) atoms. The molecule has 11 rings (SSSR count). The maximum Gasteiger partial charge on any atom is 0.149 e. The van der Waals surface area contributed by atoms with Crippen molar-refractivity contribution in [2.45, 2.75) is 5.41 Å². The molecule has 3 heteroatoms. The SMILES string of the molecule is c1ccc(N(c2ccc3c(c2)C(c2ccccc2)(c2ccccc2)c2ccccc2-3)c2cc3oc4ccccc4c3c3oc4ccccc4c23)cc1. The fourth-order valence-corrected chi connectivity index (χ4v) is 8.82. The molecule has 3 nitrogen and oxygen atoms in total. The van der Waals surface area contributed by atoms with Gasteiger partial charge in [0.15, 0.2) is 0 Å². The molecule has 0 atom stereocenters. The number of benzene rings is 8. The average Bonchev–Trinajstić information content (AvgIpc) is 3.87. The van der Waals surface area contributed by atoms with Gasteiger partial charge in [-0.15, -0.1) is 0 Å². The van der Waals surface area contributed by atoms with E-state index in [1.807, 2.05) is 18.2 Å². The third kappa shape index (κ3) is 3.96. The second-order valence-corrected chi connectivity index (χ2v) is 13.6. The van der Waals surface area contributed by atoms with Crippen LogP contribution in [0.4, 0.5) is 17.1 Å². The predicted octanol–water partition coefficient (Wildman–Crippen LogP) is 13.3. The van der Waals surface area contributed by atoms with E-state index >= 15 is 0 Å². The highest BCUT2D eigenvalue weighted by atomic mass is 16.3. The number of rotatable bonds is 5. The number of anilines is 3. The van der Waals surface area contributed by atoms with E-state index in [9.17, 15) is 0 Å². The smallest absolute Gasteiger partial charge is 0.149 e. The Balaban J connectivity index is 1.26. The molecule has 0 fully saturated rings. The molecular formula is C49H31NO2. The first-order valence-corrected chi connectivity index (χ1v) is 17.8. The summed E-state index contributed by atoms with van der Waals surface area (Å²) in [6.07, 6.45) is 0. The Kier molecular flexibility index (Phi) is 6.17. The van der Waals surface area contributed by atoms with Crippen molar-refractivity contribution >= 4 is 60.9 Å². The van der Waals surface area contributed by atoms with Crippen LogP contribution >= 0.6 is 0 Å². The molecule has 0 bridgehead atoms. The van der Waals surface area contributed by atoms with E-state index in [1.54, 1.807) is 0 Å². The van der Waals surface area contributed by atoms with Crippen molar-refractivity contribution in [3.63, 3.8) is 0 Å². The van der Waals surface area contributed by atoms with Crippen molar-refractivity contribution in [2.24, 2.45) is 0 Å². The van der Waals surface area contributed by atoms with Crippen molar-refractivity contribution in [3.8, 4) is 11.1 Å². The minimum absolute atomic E-state index is 0.521. The zero-order chi connectivity index (χ0) is 34.2. The molecule has 1 aliphatic carbocycles. The lowest BCUT2D eigenvalue weighted by molar-refractivity contribution is 0.663. The van der Waals surface area contributed by atoms with Crippen molar-refractivity contribution in [1.29, 1.82) is 0 Å². The Morgan fingerprint density at radius 2 is 0.942 bits per heavy atom. The fourth-order valence-electron chi connectivity index (χ4n) is 8.82. The first-order valence-electron chi connectivity index (χ1n) is 17.8. The highest BCUT2D eigenvalue weighted by Crippen LogP contribution is 2.57. The van der Waals surface area contributed by atoms with Gasteiger partial charge in [-0.1, -0.05) is 146 Å². The maximum atomic E-state index is 6.77. The fraction of sp³-hybridized carbons (Fsp3) is 0.0204. The molecule has 0 aliphatic heterocycles. The molecule has 0 radical (unpaired) electrons. The van der Waals surface area contributed by atoms with Gasteiger partial charge in [-0.25, -0.2) is 0 Å². The number of fused-ring (bicyclic) bond motifs is 10. The lowest BCUT2D eigenvalue weighted by Gasteiger charge is -2.35. The molecule has 0 unspecified atom stereocenters. The molecule has 0 amide bonds. The van der Waals surface area contributed by atoms with Gasteiger partial charge < -0.3 is 13.7 Å². The number of hydrogen-bond acceptors (Lipinski definition) is 3. The van der Waals surface area contributed by atoms with Gasteiger partial charge in [0.2, 0.25) is 0 Å². The van der Waals surface area contributed by atoms with Crippen molar-refractivity contribution in [2.75, 3.05) is 4.90 Å². The van der Waals surface area contributed by atoms with Gasteiger partial charge in [0.1, 0.15) is 22.3 Å². The van der Waals surface area contributed by atoms with Gasteiger partial charge in [-0.3, -0.25) is 0 Å². The predicted molar refractivity (Wildman–Crippen MR) is 213 cm³/mol. The highest BCUT2D eigenvalue weighted by Gasteiger charge is 2.46. The molecule has 0 N–H and O–H groups in total. The zero-order valence-electron chi connectivity index (χ0n) is 28.2. The van der Waals surface area contributed by atoms with E-state index in [0.717, 1.165) is 60.9 Å². The minimum atomic E-state index is -0.521. The molecule has 2 aromatic heterocycles. The summed E-state index contributed by atoms with van der Waals surface area (Å²) in [5.41, 5.74) is 13.4. The van der Waals surface area contributed by atoms with Crippen LogP contribution in [-0.2, 0) is 5.41 Å². The molecule has 2 heterocycles. The van der Waals surface area contributed by atoms with Crippen LogP contribution in [0.25, 0.3) is 55.0 Å². The van der Waals surface area contributed by atoms with Crippen LogP contribution in [0.2, 0.25) is 0 Å². The number of furan rings is 2. The zero-order valence-corrected chi connectivity index (χ0v) is 28.2. The average molecular weight is 666 g/mol. The van der Waals surface area contributed by atoms with Crippen LogP contribution < -0.4 is 4.90 Å². The standard InChI is InChI=1S/C49H31NO2/c1-4-16-32(17-5-1)49(33-18-6-2-7-19-33)40-25-13-10-22-36(40)37-29-28-35(30-41(37)49)50(34-20-8-3-9-21-34)42-31-45-47(39-24-12-14-26-43(39)51-45)48-46(42)38-23-11-15-27-44(38)52-48/h1-31H. The Hall–Kier alpha value is -6.84. The molecule has 0 spiro atoms. The van der Waals surface area contributed by atoms with Gasteiger partial charge in [0, 0.05) is 28.2 Å². The van der Waals surface area contributed by atoms with E-state index < -0.39 is 5.41 Å². The molecular weight excluding hydrogens is 635 g/mol. The summed E-state index contributed by atoms with van der Waals surface area (Å²) >= 11 is 0. The Labute approximate surface area is 300 Å². The van der Waals surface area contributed by atoms with Crippen molar-refractivity contribution in [3.05, 3.63) is 210 Å². The Morgan fingerprint density at radius 3 is 1.65 bits per heavy atom. The van der Waals surface area contributed by atoms with E-state index in [4.69, 9.17) is 8.83 Å². The van der Waals surface area contributed by atoms with E-state index in [0.29, 0.717) is 0 Å². The van der Waals surface area contributed by atoms with E-state index in [1.165, 1.54) is 33.4 Å². The normalized spacial score (nSPS) is 13.2.